The monoisotopic (exact) mass is 291 g/mol. The lowest BCUT2D eigenvalue weighted by atomic mass is 9.81. The summed E-state index contributed by atoms with van der Waals surface area (Å²) in [6.45, 7) is 1.75. The molecule has 0 saturated heterocycles. The van der Waals surface area contributed by atoms with Crippen LogP contribution >= 0.6 is 24.0 Å². The van der Waals surface area contributed by atoms with E-state index in [1.165, 1.54) is 19.3 Å². The highest BCUT2D eigenvalue weighted by atomic mass is 35.5. The van der Waals surface area contributed by atoms with Crippen LogP contribution in [0.3, 0.4) is 0 Å². The summed E-state index contributed by atoms with van der Waals surface area (Å²) in [5.41, 5.74) is 7.35. The molecule has 2 rings (SSSR count). The van der Waals surface area contributed by atoms with Gasteiger partial charge in [0.1, 0.15) is 5.82 Å². The van der Waals surface area contributed by atoms with Gasteiger partial charge < -0.3 is 5.73 Å². The van der Waals surface area contributed by atoms with Gasteiger partial charge in [0.05, 0.1) is 0 Å². The summed E-state index contributed by atoms with van der Waals surface area (Å²) in [7, 11) is 0. The Bertz CT molecular complexity index is 403. The molecule has 0 spiro atoms. The highest BCUT2D eigenvalue weighted by Gasteiger charge is 2.26. The zero-order valence-electron chi connectivity index (χ0n) is 10.6. The molecule has 1 nitrogen and oxygen atoms in total. The van der Waals surface area contributed by atoms with Gasteiger partial charge in [-0.2, -0.15) is 0 Å². The van der Waals surface area contributed by atoms with Crippen LogP contribution in [0.25, 0.3) is 0 Å². The van der Waals surface area contributed by atoms with Gasteiger partial charge in [-0.3, -0.25) is 0 Å². The molecule has 1 aliphatic rings. The minimum absolute atomic E-state index is 0. The number of benzene rings is 1. The maximum atomic E-state index is 14.1. The summed E-state index contributed by atoms with van der Waals surface area (Å²) in [6, 6.07) is 3.19. The number of rotatable bonds is 2. The van der Waals surface area contributed by atoms with Gasteiger partial charge in [-0.15, -0.1) is 12.4 Å². The number of nitrogens with two attached hydrogens (primary N) is 1. The van der Waals surface area contributed by atoms with Gasteiger partial charge in [0, 0.05) is 16.6 Å². The van der Waals surface area contributed by atoms with Crippen molar-refractivity contribution in [2.75, 3.05) is 0 Å². The third-order valence-corrected chi connectivity index (χ3v) is 4.14. The van der Waals surface area contributed by atoms with Gasteiger partial charge in [-0.25, -0.2) is 4.39 Å². The van der Waals surface area contributed by atoms with Crippen molar-refractivity contribution in [3.63, 3.8) is 0 Å². The molecule has 0 aromatic heterocycles. The second-order valence-electron chi connectivity index (χ2n) is 5.02. The standard InChI is InChI=1S/C14H19ClFN.ClH/c1-9-7-8-11(15)12(13(9)16)14(17)10-5-3-2-4-6-10;/h7-8,10,14H,2-6,17H2,1H3;1H/t14-;/m0./s1. The molecule has 1 saturated carbocycles. The van der Waals surface area contributed by atoms with E-state index in [9.17, 15) is 4.39 Å². The first-order valence-corrected chi connectivity index (χ1v) is 6.69. The van der Waals surface area contributed by atoms with Crippen LogP contribution in [-0.4, -0.2) is 0 Å². The van der Waals surface area contributed by atoms with E-state index in [-0.39, 0.29) is 24.3 Å². The number of hydrogen-bond donors (Lipinski definition) is 1. The Balaban J connectivity index is 0.00000162. The van der Waals surface area contributed by atoms with Crippen molar-refractivity contribution in [1.29, 1.82) is 0 Å². The van der Waals surface area contributed by atoms with Crippen molar-refractivity contribution in [3.05, 3.63) is 34.1 Å². The summed E-state index contributed by atoms with van der Waals surface area (Å²) < 4.78 is 14.1. The minimum Gasteiger partial charge on any atom is -0.324 e. The van der Waals surface area contributed by atoms with E-state index in [0.29, 0.717) is 22.1 Å². The molecule has 0 aliphatic heterocycles. The van der Waals surface area contributed by atoms with Crippen LogP contribution in [0.2, 0.25) is 5.02 Å². The molecule has 1 fully saturated rings. The maximum Gasteiger partial charge on any atom is 0.132 e. The fraction of sp³-hybridized carbons (Fsp3) is 0.571. The second-order valence-corrected chi connectivity index (χ2v) is 5.42. The molecule has 1 atom stereocenters. The molecule has 102 valence electrons. The molecular weight excluding hydrogens is 272 g/mol. The lowest BCUT2D eigenvalue weighted by Crippen LogP contribution is -2.25. The third kappa shape index (κ3) is 3.17. The summed E-state index contributed by atoms with van der Waals surface area (Å²) in [4.78, 5) is 0. The van der Waals surface area contributed by atoms with Gasteiger partial charge in [-0.1, -0.05) is 36.9 Å². The van der Waals surface area contributed by atoms with Crippen molar-refractivity contribution in [2.24, 2.45) is 11.7 Å². The Morgan fingerprint density at radius 1 is 1.28 bits per heavy atom. The zero-order chi connectivity index (χ0) is 12.4. The van der Waals surface area contributed by atoms with Crippen LogP contribution in [-0.2, 0) is 0 Å². The number of halogens is 3. The fourth-order valence-electron chi connectivity index (χ4n) is 2.71. The van der Waals surface area contributed by atoms with Gasteiger partial charge in [-0.05, 0) is 37.3 Å². The molecule has 18 heavy (non-hydrogen) atoms. The summed E-state index contributed by atoms with van der Waals surface area (Å²) in [5.74, 6) is 0.146. The average Bonchev–Trinajstić information content (AvgIpc) is 2.35. The van der Waals surface area contributed by atoms with Crippen LogP contribution in [0.4, 0.5) is 4.39 Å². The Morgan fingerprint density at radius 2 is 1.89 bits per heavy atom. The highest BCUT2D eigenvalue weighted by Crippen LogP contribution is 2.37. The molecule has 4 heteroatoms. The number of hydrogen-bond acceptors (Lipinski definition) is 1. The van der Waals surface area contributed by atoms with Crippen molar-refractivity contribution < 1.29 is 4.39 Å². The van der Waals surface area contributed by atoms with E-state index < -0.39 is 0 Å². The van der Waals surface area contributed by atoms with E-state index in [1.54, 1.807) is 19.1 Å². The molecule has 0 radical (unpaired) electrons. The first-order valence-electron chi connectivity index (χ1n) is 6.31. The van der Waals surface area contributed by atoms with Crippen LogP contribution in [0.5, 0.6) is 0 Å². The maximum absolute atomic E-state index is 14.1. The van der Waals surface area contributed by atoms with Gasteiger partial charge in [0.15, 0.2) is 0 Å². The fourth-order valence-corrected chi connectivity index (χ4v) is 2.98. The molecule has 0 unspecified atom stereocenters. The lowest BCUT2D eigenvalue weighted by molar-refractivity contribution is 0.303. The Kier molecular flexibility index (Phi) is 5.90. The molecular formula is C14H20Cl2FN. The quantitative estimate of drug-likeness (QED) is 0.833. The third-order valence-electron chi connectivity index (χ3n) is 3.81. The molecule has 0 bridgehead atoms. The molecule has 2 N–H and O–H groups in total. The predicted octanol–water partition coefficient (Wildman–Crippen LogP) is 4.79. The van der Waals surface area contributed by atoms with Gasteiger partial charge in [0.2, 0.25) is 0 Å². The average molecular weight is 292 g/mol. The van der Waals surface area contributed by atoms with Crippen molar-refractivity contribution >= 4 is 24.0 Å². The van der Waals surface area contributed by atoms with Crippen LogP contribution in [0.1, 0.15) is 49.3 Å². The van der Waals surface area contributed by atoms with Crippen LogP contribution < -0.4 is 5.73 Å². The van der Waals surface area contributed by atoms with E-state index in [2.05, 4.69) is 0 Å². The predicted molar refractivity (Wildman–Crippen MR) is 76.9 cm³/mol. The second kappa shape index (κ2) is 6.74. The van der Waals surface area contributed by atoms with E-state index in [1.807, 2.05) is 0 Å². The minimum atomic E-state index is -0.261. The summed E-state index contributed by atoms with van der Waals surface area (Å²) >= 11 is 6.10. The topological polar surface area (TPSA) is 26.0 Å². The van der Waals surface area contributed by atoms with Crippen LogP contribution in [0.15, 0.2) is 12.1 Å². The van der Waals surface area contributed by atoms with E-state index in [0.717, 1.165) is 12.8 Å². The number of aryl methyl sites for hydroxylation is 1. The smallest absolute Gasteiger partial charge is 0.132 e. The SMILES string of the molecule is Cc1ccc(Cl)c([C@@H](N)C2CCCCC2)c1F.Cl. The first-order chi connectivity index (χ1) is 8.11. The van der Waals surface area contributed by atoms with E-state index >= 15 is 0 Å². The van der Waals surface area contributed by atoms with Crippen molar-refractivity contribution in [2.45, 2.75) is 45.1 Å². The zero-order valence-corrected chi connectivity index (χ0v) is 12.2. The Labute approximate surface area is 119 Å². The largest absolute Gasteiger partial charge is 0.324 e. The van der Waals surface area contributed by atoms with Gasteiger partial charge >= 0.3 is 0 Å². The Morgan fingerprint density at radius 3 is 2.50 bits per heavy atom. The molecule has 1 aliphatic carbocycles. The summed E-state index contributed by atoms with van der Waals surface area (Å²) in [6.07, 6.45) is 5.84. The van der Waals surface area contributed by atoms with Gasteiger partial charge in [0.25, 0.3) is 0 Å². The molecule has 0 heterocycles. The lowest BCUT2D eigenvalue weighted by Gasteiger charge is -2.28. The molecule has 1 aromatic rings. The summed E-state index contributed by atoms with van der Waals surface area (Å²) in [5, 5.41) is 0.464. The van der Waals surface area contributed by atoms with Crippen molar-refractivity contribution in [1.82, 2.24) is 0 Å². The highest BCUT2D eigenvalue weighted by molar-refractivity contribution is 6.31. The molecule has 0 amide bonds. The Hall–Kier alpha value is -0.310. The normalized spacial score (nSPS) is 18.2. The molecule has 1 aromatic carbocycles. The van der Waals surface area contributed by atoms with Crippen LogP contribution in [0, 0.1) is 18.7 Å². The first kappa shape index (κ1) is 15.7. The van der Waals surface area contributed by atoms with Crippen molar-refractivity contribution in [3.8, 4) is 0 Å². The van der Waals surface area contributed by atoms with E-state index in [4.69, 9.17) is 17.3 Å².